The minimum absolute atomic E-state index is 0.0236. The lowest BCUT2D eigenvalue weighted by Crippen LogP contribution is -2.53. The molecule has 0 unspecified atom stereocenters. The predicted molar refractivity (Wildman–Crippen MR) is 200 cm³/mol. The van der Waals surface area contributed by atoms with Gasteiger partial charge < -0.3 is 39.4 Å². The number of rotatable bonds is 15. The molecular formula is C41H54N4O10. The van der Waals surface area contributed by atoms with E-state index < -0.39 is 30.1 Å². The van der Waals surface area contributed by atoms with Crippen molar-refractivity contribution in [2.24, 2.45) is 11.8 Å². The molecule has 14 nitrogen and oxygen atoms in total. The van der Waals surface area contributed by atoms with Gasteiger partial charge in [0.2, 0.25) is 11.8 Å². The number of amides is 4. The predicted octanol–water partition coefficient (Wildman–Crippen LogP) is 5.35. The molecule has 2 atom stereocenters. The molecule has 2 aromatic rings. The quantitative estimate of drug-likeness (QED) is 0.104. The summed E-state index contributed by atoms with van der Waals surface area (Å²) in [5.74, 6) is -1.82. The molecule has 2 N–H and O–H groups in total. The number of piperidine rings is 2. The molecule has 0 radical (unpaired) electrons. The second-order valence-electron chi connectivity index (χ2n) is 14.5. The van der Waals surface area contributed by atoms with Crippen LogP contribution in [0.3, 0.4) is 0 Å². The van der Waals surface area contributed by atoms with Crippen LogP contribution in [0.5, 0.6) is 0 Å². The number of ether oxygens (including phenoxy) is 4. The Morgan fingerprint density at radius 2 is 1.40 bits per heavy atom. The standard InChI is InChI=1S/C41H54N4O10/c46-36(19-18-30-20-23-44(24-21-30)40(50)54-29-31-11-4-1-5-12-31)45-22-10-15-33(28-45)39(49)43-35(42-38(48)32-13-6-2-7-14-32)27-37(47)52-25-26-53-41(51)55-34-16-8-3-9-17-34/h1-2,4-7,11-14,30,33-35H,3,8-10,15-29H2,(H,42,48)(H,43,49)/t33-,35-/m1/s1. The molecule has 55 heavy (non-hydrogen) atoms. The number of esters is 1. The molecule has 0 bridgehead atoms. The van der Waals surface area contributed by atoms with Gasteiger partial charge in [0.25, 0.3) is 5.91 Å². The maximum atomic E-state index is 13.5. The first-order valence-corrected chi connectivity index (χ1v) is 19.6. The van der Waals surface area contributed by atoms with Crippen molar-refractivity contribution >= 4 is 35.9 Å². The molecule has 1 aliphatic carbocycles. The molecule has 2 heterocycles. The SMILES string of the molecule is O=C(C[C@H](NC(=O)c1ccccc1)NC(=O)[C@@H]1CCCN(C(=O)CCC2CCN(C(=O)OCc3ccccc3)CC2)C1)OCCOC(=O)OC1CCCCC1. The highest BCUT2D eigenvalue weighted by atomic mass is 16.7. The summed E-state index contributed by atoms with van der Waals surface area (Å²) in [6.07, 6.45) is 5.81. The molecule has 2 saturated heterocycles. The highest BCUT2D eigenvalue weighted by Gasteiger charge is 2.32. The van der Waals surface area contributed by atoms with Gasteiger partial charge in [-0.15, -0.1) is 0 Å². The van der Waals surface area contributed by atoms with Crippen LogP contribution in [0.1, 0.15) is 93.0 Å². The normalized spacial score (nSPS) is 18.4. The van der Waals surface area contributed by atoms with Crippen molar-refractivity contribution in [3.63, 3.8) is 0 Å². The van der Waals surface area contributed by atoms with Crippen LogP contribution in [0.4, 0.5) is 9.59 Å². The number of hydrogen-bond donors (Lipinski definition) is 2. The van der Waals surface area contributed by atoms with Crippen molar-refractivity contribution in [2.45, 2.75) is 95.9 Å². The van der Waals surface area contributed by atoms with Gasteiger partial charge in [-0.1, -0.05) is 55.0 Å². The van der Waals surface area contributed by atoms with Gasteiger partial charge in [0.05, 0.1) is 12.3 Å². The summed E-state index contributed by atoms with van der Waals surface area (Å²) in [6, 6.07) is 18.0. The van der Waals surface area contributed by atoms with Crippen molar-refractivity contribution < 1.29 is 47.7 Å². The number of hydrogen-bond acceptors (Lipinski definition) is 10. The lowest BCUT2D eigenvalue weighted by atomic mass is 9.91. The van der Waals surface area contributed by atoms with E-state index in [-0.39, 0.29) is 56.8 Å². The lowest BCUT2D eigenvalue weighted by molar-refractivity contribution is -0.146. The fourth-order valence-electron chi connectivity index (χ4n) is 7.24. The third-order valence-corrected chi connectivity index (χ3v) is 10.4. The maximum Gasteiger partial charge on any atom is 0.508 e. The summed E-state index contributed by atoms with van der Waals surface area (Å²) in [7, 11) is 0. The fourth-order valence-corrected chi connectivity index (χ4v) is 7.24. The zero-order valence-electron chi connectivity index (χ0n) is 31.5. The van der Waals surface area contributed by atoms with Gasteiger partial charge >= 0.3 is 18.2 Å². The molecule has 0 aromatic heterocycles. The number of nitrogens with one attached hydrogen (secondary N) is 2. The largest absolute Gasteiger partial charge is 0.508 e. The third kappa shape index (κ3) is 13.9. The molecule has 3 aliphatic rings. The topological polar surface area (TPSA) is 170 Å². The minimum atomic E-state index is -1.09. The van der Waals surface area contributed by atoms with Crippen LogP contribution in [0, 0.1) is 11.8 Å². The molecule has 298 valence electrons. The summed E-state index contributed by atoms with van der Waals surface area (Å²) < 4.78 is 21.1. The van der Waals surface area contributed by atoms with Gasteiger partial charge in [-0.25, -0.2) is 9.59 Å². The number of carbonyl (C=O) groups is 6. The highest BCUT2D eigenvalue weighted by Crippen LogP contribution is 2.25. The van der Waals surface area contributed by atoms with E-state index in [1.54, 1.807) is 40.1 Å². The number of benzene rings is 2. The van der Waals surface area contributed by atoms with Crippen molar-refractivity contribution in [1.82, 2.24) is 20.4 Å². The van der Waals surface area contributed by atoms with Gasteiger partial charge in [-0.05, 0) is 81.4 Å². The van der Waals surface area contributed by atoms with Crippen molar-refractivity contribution in [1.29, 1.82) is 0 Å². The van der Waals surface area contributed by atoms with Crippen molar-refractivity contribution in [2.75, 3.05) is 39.4 Å². The van der Waals surface area contributed by atoms with Crippen LogP contribution in [0.2, 0.25) is 0 Å². The Morgan fingerprint density at radius 1 is 0.709 bits per heavy atom. The Morgan fingerprint density at radius 3 is 2.13 bits per heavy atom. The number of nitrogens with zero attached hydrogens (tertiary/aromatic N) is 2. The van der Waals surface area contributed by atoms with E-state index in [2.05, 4.69) is 10.6 Å². The molecule has 4 amide bonds. The summed E-state index contributed by atoms with van der Waals surface area (Å²) in [4.78, 5) is 80.6. The van der Waals surface area contributed by atoms with Gasteiger partial charge in [-0.3, -0.25) is 19.2 Å². The average Bonchev–Trinajstić information content (AvgIpc) is 3.22. The van der Waals surface area contributed by atoms with Gasteiger partial charge in [0, 0.05) is 38.2 Å². The summed E-state index contributed by atoms with van der Waals surface area (Å²) in [6.45, 7) is 1.76. The van der Waals surface area contributed by atoms with Crippen LogP contribution in [-0.4, -0.2) is 97.4 Å². The first-order chi connectivity index (χ1) is 26.7. The van der Waals surface area contributed by atoms with Gasteiger partial charge in [0.1, 0.15) is 32.1 Å². The van der Waals surface area contributed by atoms with Gasteiger partial charge in [0.15, 0.2) is 0 Å². The molecule has 14 heteroatoms. The average molecular weight is 763 g/mol. The van der Waals surface area contributed by atoms with E-state index in [0.29, 0.717) is 56.8 Å². The van der Waals surface area contributed by atoms with Gasteiger partial charge in [-0.2, -0.15) is 0 Å². The second-order valence-corrected chi connectivity index (χ2v) is 14.5. The smallest absolute Gasteiger partial charge is 0.462 e. The first kappa shape index (κ1) is 41.0. The zero-order valence-corrected chi connectivity index (χ0v) is 31.5. The summed E-state index contributed by atoms with van der Waals surface area (Å²) >= 11 is 0. The molecule has 1 saturated carbocycles. The minimum Gasteiger partial charge on any atom is -0.462 e. The van der Waals surface area contributed by atoms with Crippen LogP contribution >= 0.6 is 0 Å². The zero-order chi connectivity index (χ0) is 38.8. The summed E-state index contributed by atoms with van der Waals surface area (Å²) in [5.41, 5.74) is 1.28. The first-order valence-electron chi connectivity index (χ1n) is 19.6. The summed E-state index contributed by atoms with van der Waals surface area (Å²) in [5, 5.41) is 5.50. The number of likely N-dealkylation sites (tertiary alicyclic amines) is 2. The van der Waals surface area contributed by atoms with E-state index in [1.807, 2.05) is 30.3 Å². The van der Waals surface area contributed by atoms with E-state index in [1.165, 1.54) is 0 Å². The molecule has 2 aliphatic heterocycles. The highest BCUT2D eigenvalue weighted by molar-refractivity contribution is 5.95. The van der Waals surface area contributed by atoms with E-state index >= 15 is 0 Å². The van der Waals surface area contributed by atoms with Crippen molar-refractivity contribution in [3.8, 4) is 0 Å². The molecule has 3 fully saturated rings. The van der Waals surface area contributed by atoms with E-state index in [9.17, 15) is 28.8 Å². The van der Waals surface area contributed by atoms with Crippen LogP contribution in [-0.2, 0) is 39.9 Å². The Hall–Kier alpha value is -5.14. The lowest BCUT2D eigenvalue weighted by Gasteiger charge is -2.34. The molecule has 2 aromatic carbocycles. The fraction of sp³-hybridized carbons (Fsp3) is 0.561. The van der Waals surface area contributed by atoms with Crippen molar-refractivity contribution in [3.05, 3.63) is 71.8 Å². The van der Waals surface area contributed by atoms with Crippen LogP contribution in [0.15, 0.2) is 60.7 Å². The Bertz CT molecular complexity index is 1560. The van der Waals surface area contributed by atoms with E-state index in [0.717, 1.165) is 50.5 Å². The van der Waals surface area contributed by atoms with Crippen LogP contribution < -0.4 is 10.6 Å². The Kier molecular flexibility index (Phi) is 16.2. The third-order valence-electron chi connectivity index (χ3n) is 10.4. The van der Waals surface area contributed by atoms with E-state index in [4.69, 9.17) is 18.9 Å². The molecular weight excluding hydrogens is 708 g/mol. The second kappa shape index (κ2) is 21.7. The van der Waals surface area contributed by atoms with Crippen LogP contribution in [0.25, 0.3) is 0 Å². The Labute approximate surface area is 322 Å². The number of carbonyl (C=O) groups excluding carboxylic acids is 6. The molecule has 0 spiro atoms. The maximum absolute atomic E-state index is 13.5. The monoisotopic (exact) mass is 762 g/mol. The molecule has 5 rings (SSSR count). The Balaban J connectivity index is 1.04.